The largest absolute Gasteiger partial charge is 0.252 e. The SMILES string of the molecule is Cc1csc(C2CCN(S(=O)(=O)c3cccs3)CC2)n1. The highest BCUT2D eigenvalue weighted by Gasteiger charge is 2.31. The monoisotopic (exact) mass is 328 g/mol. The van der Waals surface area contributed by atoms with Crippen LogP contribution < -0.4 is 0 Å². The van der Waals surface area contributed by atoms with Crippen LogP contribution in [0, 0.1) is 6.92 Å². The number of nitrogens with zero attached hydrogens (tertiary/aromatic N) is 2. The predicted molar refractivity (Wildman–Crippen MR) is 81.9 cm³/mol. The molecule has 108 valence electrons. The maximum absolute atomic E-state index is 12.4. The maximum atomic E-state index is 12.4. The first-order valence-corrected chi connectivity index (χ1v) is 9.73. The van der Waals surface area contributed by atoms with Crippen molar-refractivity contribution < 1.29 is 8.42 Å². The van der Waals surface area contributed by atoms with Crippen molar-refractivity contribution in [2.45, 2.75) is 29.9 Å². The maximum Gasteiger partial charge on any atom is 0.252 e. The second kappa shape index (κ2) is 5.55. The van der Waals surface area contributed by atoms with E-state index in [2.05, 4.69) is 10.4 Å². The third-order valence-corrected chi connectivity index (χ3v) is 7.93. The van der Waals surface area contributed by atoms with Crippen molar-refractivity contribution >= 4 is 32.7 Å². The first-order valence-electron chi connectivity index (χ1n) is 6.53. The van der Waals surface area contributed by atoms with Crippen molar-refractivity contribution in [1.82, 2.24) is 9.29 Å². The second-order valence-electron chi connectivity index (χ2n) is 4.94. The summed E-state index contributed by atoms with van der Waals surface area (Å²) in [5.41, 5.74) is 1.05. The summed E-state index contributed by atoms with van der Waals surface area (Å²) in [4.78, 5) is 4.52. The summed E-state index contributed by atoms with van der Waals surface area (Å²) in [6.07, 6.45) is 1.72. The second-order valence-corrected chi connectivity index (χ2v) is 8.94. The molecule has 7 heteroatoms. The Morgan fingerprint density at radius 1 is 1.30 bits per heavy atom. The highest BCUT2D eigenvalue weighted by molar-refractivity contribution is 7.91. The number of rotatable bonds is 3. The van der Waals surface area contributed by atoms with Gasteiger partial charge < -0.3 is 0 Å². The van der Waals surface area contributed by atoms with Gasteiger partial charge in [0.2, 0.25) is 0 Å². The molecule has 0 aliphatic carbocycles. The lowest BCUT2D eigenvalue weighted by atomic mass is 9.99. The summed E-state index contributed by atoms with van der Waals surface area (Å²) in [6, 6.07) is 3.46. The van der Waals surface area contributed by atoms with Gasteiger partial charge in [-0.1, -0.05) is 6.07 Å². The Morgan fingerprint density at radius 3 is 2.60 bits per heavy atom. The van der Waals surface area contributed by atoms with E-state index in [0.717, 1.165) is 23.5 Å². The van der Waals surface area contributed by atoms with Crippen LogP contribution in [0.2, 0.25) is 0 Å². The molecule has 0 amide bonds. The number of aryl methyl sites for hydroxylation is 1. The minimum absolute atomic E-state index is 0.406. The fourth-order valence-corrected chi connectivity index (χ4v) is 6.02. The molecule has 0 unspecified atom stereocenters. The molecule has 2 aromatic rings. The number of piperidine rings is 1. The molecular formula is C13H16N2O2S3. The lowest BCUT2D eigenvalue weighted by molar-refractivity contribution is 0.319. The summed E-state index contributed by atoms with van der Waals surface area (Å²) in [6.45, 7) is 3.17. The van der Waals surface area contributed by atoms with E-state index >= 15 is 0 Å². The molecule has 1 aliphatic rings. The number of sulfonamides is 1. The highest BCUT2D eigenvalue weighted by Crippen LogP contribution is 2.32. The Morgan fingerprint density at radius 2 is 2.05 bits per heavy atom. The van der Waals surface area contributed by atoms with Crippen LogP contribution in [0.3, 0.4) is 0 Å². The topological polar surface area (TPSA) is 50.3 Å². The molecule has 1 saturated heterocycles. The average molecular weight is 328 g/mol. The van der Waals surface area contributed by atoms with Gasteiger partial charge >= 0.3 is 0 Å². The van der Waals surface area contributed by atoms with Crippen LogP contribution in [-0.2, 0) is 10.0 Å². The van der Waals surface area contributed by atoms with E-state index in [4.69, 9.17) is 0 Å². The molecule has 0 bridgehead atoms. The van der Waals surface area contributed by atoms with E-state index in [9.17, 15) is 8.42 Å². The van der Waals surface area contributed by atoms with E-state index < -0.39 is 10.0 Å². The molecule has 3 rings (SSSR count). The van der Waals surface area contributed by atoms with Gasteiger partial charge in [0, 0.05) is 30.1 Å². The van der Waals surface area contributed by atoms with E-state index in [0.29, 0.717) is 23.2 Å². The molecule has 3 heterocycles. The number of aromatic nitrogens is 1. The zero-order valence-corrected chi connectivity index (χ0v) is 13.6. The van der Waals surface area contributed by atoms with Crippen LogP contribution in [-0.4, -0.2) is 30.8 Å². The molecule has 0 atom stereocenters. The van der Waals surface area contributed by atoms with Crippen LogP contribution in [0.4, 0.5) is 0 Å². The average Bonchev–Trinajstić information content (AvgIpc) is 3.10. The van der Waals surface area contributed by atoms with Crippen molar-refractivity contribution in [2.75, 3.05) is 13.1 Å². The molecule has 1 fully saturated rings. The zero-order valence-electron chi connectivity index (χ0n) is 11.2. The molecule has 0 spiro atoms. The third-order valence-electron chi connectivity index (χ3n) is 3.53. The molecule has 20 heavy (non-hydrogen) atoms. The van der Waals surface area contributed by atoms with E-state index in [1.807, 2.05) is 6.92 Å². The summed E-state index contributed by atoms with van der Waals surface area (Å²) in [7, 11) is -3.28. The van der Waals surface area contributed by atoms with Gasteiger partial charge in [0.05, 0.1) is 5.01 Å². The summed E-state index contributed by atoms with van der Waals surface area (Å²) < 4.78 is 26.9. The van der Waals surface area contributed by atoms with Crippen molar-refractivity contribution in [3.8, 4) is 0 Å². The van der Waals surface area contributed by atoms with E-state index in [1.54, 1.807) is 33.2 Å². The molecule has 1 aliphatic heterocycles. The Kier molecular flexibility index (Phi) is 3.94. The van der Waals surface area contributed by atoms with Crippen LogP contribution in [0.5, 0.6) is 0 Å². The van der Waals surface area contributed by atoms with Gasteiger partial charge in [-0.05, 0) is 31.2 Å². The molecule has 0 aromatic carbocycles. The van der Waals surface area contributed by atoms with Crippen molar-refractivity contribution in [3.63, 3.8) is 0 Å². The minimum atomic E-state index is -3.28. The van der Waals surface area contributed by atoms with Crippen LogP contribution in [0.25, 0.3) is 0 Å². The van der Waals surface area contributed by atoms with Gasteiger partial charge in [0.1, 0.15) is 4.21 Å². The minimum Gasteiger partial charge on any atom is -0.246 e. The fraction of sp³-hybridized carbons (Fsp3) is 0.462. The van der Waals surface area contributed by atoms with E-state index in [1.165, 1.54) is 11.3 Å². The lowest BCUT2D eigenvalue weighted by Gasteiger charge is -2.29. The van der Waals surface area contributed by atoms with Gasteiger partial charge in [-0.3, -0.25) is 0 Å². The molecule has 0 N–H and O–H groups in total. The summed E-state index contributed by atoms with van der Waals surface area (Å²) >= 11 is 2.97. The zero-order chi connectivity index (χ0) is 14.2. The Balaban J connectivity index is 1.70. The van der Waals surface area contributed by atoms with Gasteiger partial charge in [-0.2, -0.15) is 4.31 Å². The number of hydrogen-bond donors (Lipinski definition) is 0. The third kappa shape index (κ3) is 2.67. The number of thiazole rings is 1. The van der Waals surface area contributed by atoms with Crippen LogP contribution in [0.1, 0.15) is 29.5 Å². The highest BCUT2D eigenvalue weighted by atomic mass is 32.2. The molecule has 0 saturated carbocycles. The van der Waals surface area contributed by atoms with E-state index in [-0.39, 0.29) is 0 Å². The number of thiophene rings is 1. The molecule has 2 aromatic heterocycles. The van der Waals surface area contributed by atoms with Crippen LogP contribution in [0.15, 0.2) is 27.1 Å². The Hall–Kier alpha value is -0.760. The Labute approximate surface area is 127 Å². The lowest BCUT2D eigenvalue weighted by Crippen LogP contribution is -2.37. The number of hydrogen-bond acceptors (Lipinski definition) is 5. The van der Waals surface area contributed by atoms with Crippen molar-refractivity contribution in [2.24, 2.45) is 0 Å². The molecule has 0 radical (unpaired) electrons. The molecule has 4 nitrogen and oxygen atoms in total. The normalized spacial score (nSPS) is 18.4. The first-order chi connectivity index (χ1) is 9.57. The van der Waals surface area contributed by atoms with Gasteiger partial charge in [0.15, 0.2) is 0 Å². The summed E-state index contributed by atoms with van der Waals surface area (Å²) in [5.74, 6) is 0.406. The quantitative estimate of drug-likeness (QED) is 0.870. The Bertz CT molecular complexity index is 668. The first kappa shape index (κ1) is 14.2. The van der Waals surface area contributed by atoms with Gasteiger partial charge in [0.25, 0.3) is 10.0 Å². The smallest absolute Gasteiger partial charge is 0.246 e. The van der Waals surface area contributed by atoms with Crippen LogP contribution >= 0.6 is 22.7 Å². The standard InChI is InChI=1S/C13H16N2O2S3/c1-10-9-19-13(14-10)11-4-6-15(7-5-11)20(16,17)12-3-2-8-18-12/h2-3,8-9,11H,4-7H2,1H3. The van der Waals surface area contributed by atoms with Crippen molar-refractivity contribution in [1.29, 1.82) is 0 Å². The molecular weight excluding hydrogens is 312 g/mol. The summed E-state index contributed by atoms with van der Waals surface area (Å²) in [5, 5.41) is 5.01. The van der Waals surface area contributed by atoms with Gasteiger partial charge in [-0.25, -0.2) is 13.4 Å². The fourth-order valence-electron chi connectivity index (χ4n) is 2.44. The van der Waals surface area contributed by atoms with Crippen molar-refractivity contribution in [3.05, 3.63) is 33.6 Å². The van der Waals surface area contributed by atoms with Gasteiger partial charge in [-0.15, -0.1) is 22.7 Å². The predicted octanol–water partition coefficient (Wildman–Crippen LogP) is 3.08.